The van der Waals surface area contributed by atoms with Gasteiger partial charge >= 0.3 is 29.6 Å². The van der Waals surface area contributed by atoms with Crippen LogP contribution in [-0.2, 0) is 9.37 Å². The van der Waals surface area contributed by atoms with Crippen molar-refractivity contribution < 1.29 is 44.2 Å². The van der Waals surface area contributed by atoms with Gasteiger partial charge in [-0.3, -0.25) is 5.04 Å². The Bertz CT molecular complexity index is 317. The van der Waals surface area contributed by atoms with Gasteiger partial charge in [0, 0.05) is 23.0 Å². The number of rotatable bonds is 6. The number of hydrogen-bond acceptors (Lipinski definition) is 5. The molecule has 0 spiro atoms. The predicted octanol–water partition coefficient (Wildman–Crippen LogP) is -1.12. The second-order valence-electron chi connectivity index (χ2n) is 2.82. The molecule has 0 radical (unpaired) electrons. The van der Waals surface area contributed by atoms with E-state index in [1.807, 2.05) is 25.1 Å². The first kappa shape index (κ1) is 16.5. The minimum atomic E-state index is 0. The summed E-state index contributed by atoms with van der Waals surface area (Å²) in [5.74, 6) is 0.558. The van der Waals surface area contributed by atoms with Gasteiger partial charge in [-0.25, -0.2) is 0 Å². The Morgan fingerprint density at radius 1 is 1.50 bits per heavy atom. The third-order valence-electron chi connectivity index (χ3n) is 1.75. The molecule has 4 nitrogen and oxygen atoms in total. The van der Waals surface area contributed by atoms with Crippen LogP contribution in [0.25, 0.3) is 0 Å². The van der Waals surface area contributed by atoms with Gasteiger partial charge in [0.25, 0.3) is 0 Å². The van der Waals surface area contributed by atoms with E-state index in [0.29, 0.717) is 12.4 Å². The van der Waals surface area contributed by atoms with Crippen molar-refractivity contribution in [3.05, 3.63) is 23.8 Å². The van der Waals surface area contributed by atoms with Crippen LogP contribution in [-0.4, -0.2) is 12.4 Å². The third-order valence-corrected chi connectivity index (χ3v) is 2.70. The number of alkyl halides is 1. The number of nitrogens with one attached hydrogen (secondary N) is 1. The molecule has 0 heterocycles. The SMILES string of the molecule is Cc1cc(NCCCl)ccc1SOO[O-].[Na+]. The van der Waals surface area contributed by atoms with Gasteiger partial charge in [-0.2, -0.15) is 4.33 Å². The first-order valence-corrected chi connectivity index (χ1v) is 5.59. The number of hydrogen-bond donors (Lipinski definition) is 1. The predicted molar refractivity (Wildman–Crippen MR) is 58.4 cm³/mol. The number of aryl methyl sites for hydroxylation is 1. The minimum absolute atomic E-state index is 0. The summed E-state index contributed by atoms with van der Waals surface area (Å²) in [6.07, 6.45) is 0. The summed E-state index contributed by atoms with van der Waals surface area (Å²) in [7, 11) is 0. The summed E-state index contributed by atoms with van der Waals surface area (Å²) < 4.78 is 4.24. The van der Waals surface area contributed by atoms with E-state index in [2.05, 4.69) is 14.7 Å². The zero-order valence-electron chi connectivity index (χ0n) is 9.16. The van der Waals surface area contributed by atoms with Gasteiger partial charge in [-0.05, 0) is 30.7 Å². The van der Waals surface area contributed by atoms with Gasteiger partial charge in [-0.1, -0.05) is 0 Å². The van der Waals surface area contributed by atoms with Gasteiger partial charge in [0.2, 0.25) is 0 Å². The van der Waals surface area contributed by atoms with Gasteiger partial charge in [0.1, 0.15) is 0 Å². The molecule has 0 bridgehead atoms. The van der Waals surface area contributed by atoms with Crippen LogP contribution in [0.15, 0.2) is 23.1 Å². The summed E-state index contributed by atoms with van der Waals surface area (Å²) in [6.45, 7) is 2.63. The molecule has 0 saturated heterocycles. The van der Waals surface area contributed by atoms with E-state index in [0.717, 1.165) is 28.2 Å². The molecule has 0 aliphatic rings. The minimum Gasteiger partial charge on any atom is -0.691 e. The monoisotopic (exact) mass is 271 g/mol. The standard InChI is InChI=1S/C9H12ClNO3S.Na/c1-7-6-8(11-5-4-10)2-3-9(7)15-14-13-12;/h2-3,6,11-12H,4-5H2,1H3;/q;+1/p-1. The van der Waals surface area contributed by atoms with Gasteiger partial charge in [0.05, 0.1) is 12.0 Å². The molecule has 0 atom stereocenters. The molecule has 84 valence electrons. The van der Waals surface area contributed by atoms with Crippen LogP contribution in [0.4, 0.5) is 5.69 Å². The first-order chi connectivity index (χ1) is 7.27. The molecular formula is C9H11ClNNaO3S. The van der Waals surface area contributed by atoms with Gasteiger partial charge in [-0.15, -0.1) is 11.6 Å². The quantitative estimate of drug-likeness (QED) is 0.234. The molecule has 0 aromatic heterocycles. The van der Waals surface area contributed by atoms with E-state index in [4.69, 9.17) is 11.6 Å². The summed E-state index contributed by atoms with van der Waals surface area (Å²) in [6, 6.07) is 5.68. The van der Waals surface area contributed by atoms with Crippen molar-refractivity contribution in [3.8, 4) is 0 Å². The van der Waals surface area contributed by atoms with Crippen molar-refractivity contribution in [2.75, 3.05) is 17.7 Å². The molecule has 0 aliphatic heterocycles. The van der Waals surface area contributed by atoms with E-state index in [1.54, 1.807) is 0 Å². The Morgan fingerprint density at radius 2 is 2.25 bits per heavy atom. The van der Waals surface area contributed by atoms with Crippen LogP contribution < -0.4 is 40.1 Å². The van der Waals surface area contributed by atoms with E-state index in [1.165, 1.54) is 0 Å². The maximum absolute atomic E-state index is 9.65. The summed E-state index contributed by atoms with van der Waals surface area (Å²) in [4.78, 5) is 0.835. The van der Waals surface area contributed by atoms with Crippen molar-refractivity contribution in [2.24, 2.45) is 0 Å². The molecular weight excluding hydrogens is 261 g/mol. The van der Waals surface area contributed by atoms with Crippen molar-refractivity contribution in [1.29, 1.82) is 0 Å². The molecule has 1 N–H and O–H groups in total. The fraction of sp³-hybridized carbons (Fsp3) is 0.333. The van der Waals surface area contributed by atoms with E-state index in [-0.39, 0.29) is 29.6 Å². The third kappa shape index (κ3) is 5.75. The van der Waals surface area contributed by atoms with Crippen LogP contribution in [0.3, 0.4) is 0 Å². The maximum Gasteiger partial charge on any atom is 1.00 e. The Hall–Kier alpha value is 0.540. The van der Waals surface area contributed by atoms with Crippen LogP contribution in [0.2, 0.25) is 0 Å². The largest absolute Gasteiger partial charge is 1.00 e. The van der Waals surface area contributed by atoms with E-state index in [9.17, 15) is 5.26 Å². The number of anilines is 1. The Balaban J connectivity index is 0.00000225. The Labute approximate surface area is 126 Å². The Morgan fingerprint density at radius 3 is 2.81 bits per heavy atom. The molecule has 0 amide bonds. The van der Waals surface area contributed by atoms with Crippen LogP contribution in [0.1, 0.15) is 5.56 Å². The van der Waals surface area contributed by atoms with E-state index >= 15 is 0 Å². The summed E-state index contributed by atoms with van der Waals surface area (Å²) in [5.41, 5.74) is 1.98. The molecule has 0 aliphatic carbocycles. The fourth-order valence-corrected chi connectivity index (χ4v) is 1.60. The normalized spacial score (nSPS) is 9.69. The van der Waals surface area contributed by atoms with Gasteiger partial charge < -0.3 is 10.6 Å². The van der Waals surface area contributed by atoms with Crippen molar-refractivity contribution >= 4 is 29.3 Å². The molecule has 0 fully saturated rings. The van der Waals surface area contributed by atoms with Crippen molar-refractivity contribution in [2.45, 2.75) is 11.8 Å². The molecule has 1 aromatic carbocycles. The topological polar surface area (TPSA) is 53.5 Å². The average Bonchev–Trinajstić information content (AvgIpc) is 2.25. The van der Waals surface area contributed by atoms with Crippen molar-refractivity contribution in [1.82, 2.24) is 0 Å². The molecule has 0 unspecified atom stereocenters. The molecule has 7 heteroatoms. The molecule has 1 rings (SSSR count). The zero-order chi connectivity index (χ0) is 11.1. The average molecular weight is 272 g/mol. The summed E-state index contributed by atoms with van der Waals surface area (Å²) in [5, 5.41) is 16.1. The number of halogens is 1. The fourth-order valence-electron chi connectivity index (χ4n) is 1.09. The van der Waals surface area contributed by atoms with Crippen LogP contribution in [0.5, 0.6) is 0 Å². The molecule has 1 aromatic rings. The van der Waals surface area contributed by atoms with Gasteiger partial charge in [0.15, 0.2) is 0 Å². The zero-order valence-corrected chi connectivity index (χ0v) is 12.7. The van der Waals surface area contributed by atoms with Crippen LogP contribution in [0, 0.1) is 6.92 Å². The molecule has 0 saturated carbocycles. The number of benzene rings is 1. The summed E-state index contributed by atoms with van der Waals surface area (Å²) >= 11 is 6.44. The van der Waals surface area contributed by atoms with Crippen LogP contribution >= 0.6 is 23.6 Å². The maximum atomic E-state index is 9.65. The van der Waals surface area contributed by atoms with E-state index < -0.39 is 0 Å². The second kappa shape index (κ2) is 9.56. The second-order valence-corrected chi connectivity index (χ2v) is 3.94. The Kier molecular flexibility index (Phi) is 9.88. The van der Waals surface area contributed by atoms with Crippen molar-refractivity contribution in [3.63, 3.8) is 0 Å². The smallest absolute Gasteiger partial charge is 0.691 e. The first-order valence-electron chi connectivity index (χ1n) is 4.31. The molecule has 16 heavy (non-hydrogen) atoms.